The molecule has 0 saturated carbocycles. The maximum absolute atomic E-state index is 12.4. The van der Waals surface area contributed by atoms with E-state index in [1.807, 2.05) is 0 Å². The highest BCUT2D eigenvalue weighted by atomic mass is 16.8. The zero-order valence-corrected chi connectivity index (χ0v) is 10.7. The summed E-state index contributed by atoms with van der Waals surface area (Å²) in [4.78, 5) is 0. The van der Waals surface area contributed by atoms with E-state index in [-0.39, 0.29) is 5.71 Å². The Hall–Kier alpha value is -1.41. The Labute approximate surface area is 104 Å². The molecule has 2 heterocycles. The number of ether oxygens (including phenoxy) is 2. The van der Waals surface area contributed by atoms with Crippen LogP contribution in [0.4, 0.5) is 0 Å². The lowest BCUT2D eigenvalue weighted by Gasteiger charge is -2.31. The quantitative estimate of drug-likeness (QED) is 0.493. The highest BCUT2D eigenvalue weighted by Gasteiger charge is 2.65. The lowest BCUT2D eigenvalue weighted by atomic mass is 9.97. The smallest absolute Gasteiger partial charge is 0.492 e. The molecule has 0 aliphatic carbocycles. The number of methoxy groups -OCH3 is 2. The van der Waals surface area contributed by atoms with Gasteiger partial charge in [0.05, 0.1) is 6.26 Å². The standard InChI is InChI=1S/C11H16N2O5/c1-10(2)9(8-6-5-7-18-8)12(14)11(16-3,17-4)13(10)15/h5-7,15H,1-4H3. The lowest BCUT2D eigenvalue weighted by Crippen LogP contribution is -2.57. The average molecular weight is 256 g/mol. The van der Waals surface area contributed by atoms with E-state index in [0.29, 0.717) is 10.5 Å². The van der Waals surface area contributed by atoms with Gasteiger partial charge in [-0.1, -0.05) is 5.06 Å². The van der Waals surface area contributed by atoms with E-state index in [9.17, 15) is 10.4 Å². The van der Waals surface area contributed by atoms with Gasteiger partial charge in [-0.25, -0.2) is 0 Å². The minimum Gasteiger partial charge on any atom is -0.618 e. The zero-order chi connectivity index (χ0) is 13.6. The van der Waals surface area contributed by atoms with Gasteiger partial charge in [0.15, 0.2) is 5.76 Å². The van der Waals surface area contributed by atoms with Crippen molar-refractivity contribution in [2.24, 2.45) is 0 Å². The molecule has 1 aliphatic heterocycles. The van der Waals surface area contributed by atoms with Crippen LogP contribution in [0.25, 0.3) is 0 Å². The molecule has 7 nitrogen and oxygen atoms in total. The summed E-state index contributed by atoms with van der Waals surface area (Å²) in [6.07, 6.45) is 1.45. The normalized spacial score (nSPS) is 22.7. The van der Waals surface area contributed by atoms with Crippen LogP contribution < -0.4 is 0 Å². The van der Waals surface area contributed by atoms with Crippen molar-refractivity contribution in [3.8, 4) is 0 Å². The van der Waals surface area contributed by atoms with Gasteiger partial charge in [-0.2, -0.15) is 0 Å². The van der Waals surface area contributed by atoms with E-state index in [4.69, 9.17) is 13.9 Å². The summed E-state index contributed by atoms with van der Waals surface area (Å²) in [7, 11) is 2.55. The number of hydrogen-bond acceptors (Lipinski definition) is 6. The molecule has 0 atom stereocenters. The molecule has 1 aromatic heterocycles. The third-order valence-corrected chi connectivity index (χ3v) is 3.12. The first-order chi connectivity index (χ1) is 8.41. The molecule has 1 aromatic rings. The van der Waals surface area contributed by atoms with Gasteiger partial charge in [0.2, 0.25) is 0 Å². The molecule has 0 saturated heterocycles. The molecule has 0 bridgehead atoms. The molecule has 100 valence electrons. The minimum atomic E-state index is -1.91. The van der Waals surface area contributed by atoms with Gasteiger partial charge in [0.1, 0.15) is 5.54 Å². The molecule has 2 rings (SSSR count). The Morgan fingerprint density at radius 2 is 2.00 bits per heavy atom. The first-order valence-corrected chi connectivity index (χ1v) is 5.40. The first-order valence-electron chi connectivity index (χ1n) is 5.40. The molecular formula is C11H16N2O5. The van der Waals surface area contributed by atoms with Crippen molar-refractivity contribution in [2.45, 2.75) is 25.4 Å². The lowest BCUT2D eigenvalue weighted by molar-refractivity contribution is -0.717. The maximum Gasteiger partial charge on any atom is 0.492 e. The Bertz CT molecular complexity index is 462. The molecule has 18 heavy (non-hydrogen) atoms. The van der Waals surface area contributed by atoms with E-state index in [1.54, 1.807) is 26.0 Å². The van der Waals surface area contributed by atoms with Crippen LogP contribution in [0, 0.1) is 5.21 Å². The number of nitrogens with zero attached hydrogens (tertiary/aromatic N) is 2. The van der Waals surface area contributed by atoms with Crippen molar-refractivity contribution in [2.75, 3.05) is 14.2 Å². The van der Waals surface area contributed by atoms with Gasteiger partial charge in [0.25, 0.3) is 5.71 Å². The fraction of sp³-hybridized carbons (Fsp3) is 0.545. The van der Waals surface area contributed by atoms with Crippen molar-refractivity contribution in [3.63, 3.8) is 0 Å². The van der Waals surface area contributed by atoms with Crippen molar-refractivity contribution in [1.82, 2.24) is 5.06 Å². The van der Waals surface area contributed by atoms with Crippen molar-refractivity contribution < 1.29 is 23.8 Å². The summed E-state index contributed by atoms with van der Waals surface area (Å²) in [6, 6.07) is 1.39. The molecular weight excluding hydrogens is 240 g/mol. The Morgan fingerprint density at radius 3 is 2.39 bits per heavy atom. The van der Waals surface area contributed by atoms with Crippen LogP contribution in [0.5, 0.6) is 0 Å². The van der Waals surface area contributed by atoms with Crippen LogP contribution >= 0.6 is 0 Å². The monoisotopic (exact) mass is 256 g/mol. The number of hydroxylamine groups is 3. The summed E-state index contributed by atoms with van der Waals surface area (Å²) in [5.41, 5.74) is -0.801. The predicted octanol–water partition coefficient (Wildman–Crippen LogP) is 0.966. The van der Waals surface area contributed by atoms with Crippen LogP contribution in [-0.4, -0.2) is 46.5 Å². The number of furan rings is 1. The molecule has 0 aromatic carbocycles. The van der Waals surface area contributed by atoms with Gasteiger partial charge in [0, 0.05) is 14.2 Å². The number of hydrogen-bond donors (Lipinski definition) is 1. The summed E-state index contributed by atoms with van der Waals surface area (Å²) in [5, 5.41) is 23.3. The Morgan fingerprint density at radius 1 is 1.39 bits per heavy atom. The highest BCUT2D eigenvalue weighted by molar-refractivity contribution is 6.02. The second-order valence-electron chi connectivity index (χ2n) is 4.45. The molecule has 7 heteroatoms. The van der Waals surface area contributed by atoms with Gasteiger partial charge in [-0.05, 0) is 26.0 Å². The topological polar surface area (TPSA) is 81.1 Å². The summed E-state index contributed by atoms with van der Waals surface area (Å²) >= 11 is 0. The van der Waals surface area contributed by atoms with E-state index in [2.05, 4.69) is 0 Å². The van der Waals surface area contributed by atoms with Crippen molar-refractivity contribution in [1.29, 1.82) is 0 Å². The third kappa shape index (κ3) is 1.42. The van der Waals surface area contributed by atoms with E-state index >= 15 is 0 Å². The minimum absolute atomic E-state index is 0.221. The second-order valence-corrected chi connectivity index (χ2v) is 4.45. The zero-order valence-electron chi connectivity index (χ0n) is 10.7. The van der Waals surface area contributed by atoms with Gasteiger partial charge in [-0.15, -0.1) is 4.74 Å². The fourth-order valence-corrected chi connectivity index (χ4v) is 2.17. The average Bonchev–Trinajstić information content (AvgIpc) is 2.88. The van der Waals surface area contributed by atoms with Crippen LogP contribution in [0.15, 0.2) is 22.8 Å². The summed E-state index contributed by atoms with van der Waals surface area (Å²) < 4.78 is 15.8. The molecule has 0 spiro atoms. The molecule has 1 N–H and O–H groups in total. The highest BCUT2D eigenvalue weighted by Crippen LogP contribution is 2.36. The summed E-state index contributed by atoms with van der Waals surface area (Å²) in [6.45, 7) is 3.32. The first kappa shape index (κ1) is 13.0. The van der Waals surface area contributed by atoms with E-state index < -0.39 is 11.6 Å². The van der Waals surface area contributed by atoms with E-state index in [0.717, 1.165) is 5.06 Å². The van der Waals surface area contributed by atoms with Crippen LogP contribution in [0.2, 0.25) is 0 Å². The Kier molecular flexibility index (Phi) is 2.94. The van der Waals surface area contributed by atoms with Gasteiger partial charge < -0.3 is 14.8 Å². The third-order valence-electron chi connectivity index (χ3n) is 3.12. The Balaban J connectivity index is 2.64. The molecule has 1 aliphatic rings. The summed E-state index contributed by atoms with van der Waals surface area (Å²) in [5.74, 6) is 0.352. The molecule has 0 fully saturated rings. The van der Waals surface area contributed by atoms with Crippen LogP contribution in [-0.2, 0) is 9.47 Å². The van der Waals surface area contributed by atoms with Gasteiger partial charge in [-0.3, -0.25) is 9.47 Å². The molecule has 0 radical (unpaired) electrons. The predicted molar refractivity (Wildman–Crippen MR) is 60.9 cm³/mol. The van der Waals surface area contributed by atoms with Crippen LogP contribution in [0.3, 0.4) is 0 Å². The van der Waals surface area contributed by atoms with Crippen molar-refractivity contribution in [3.05, 3.63) is 29.4 Å². The largest absolute Gasteiger partial charge is 0.618 e. The molecule has 0 amide bonds. The van der Waals surface area contributed by atoms with Crippen LogP contribution in [0.1, 0.15) is 19.6 Å². The fourth-order valence-electron chi connectivity index (χ4n) is 2.17. The van der Waals surface area contributed by atoms with Crippen molar-refractivity contribution >= 4 is 5.71 Å². The number of rotatable bonds is 3. The molecule has 0 unspecified atom stereocenters. The van der Waals surface area contributed by atoms with E-state index in [1.165, 1.54) is 20.5 Å². The van der Waals surface area contributed by atoms with Gasteiger partial charge >= 0.3 is 6.03 Å². The SMILES string of the molecule is COC1(OC)N(O)C(C)(C)C(c2ccco2)=[N+]1[O-]. The maximum atomic E-state index is 12.4. The second kappa shape index (κ2) is 4.06.